The van der Waals surface area contributed by atoms with Gasteiger partial charge in [-0.15, -0.1) is 24.0 Å². The second-order valence-corrected chi connectivity index (χ2v) is 5.69. The summed E-state index contributed by atoms with van der Waals surface area (Å²) in [5.74, 6) is 2.25. The molecular weight excluding hydrogens is 441 g/mol. The molecule has 2 aromatic carbocycles. The zero-order valence-electron chi connectivity index (χ0n) is 15.6. The molecule has 0 saturated carbocycles. The van der Waals surface area contributed by atoms with Gasteiger partial charge in [-0.2, -0.15) is 0 Å². The topological polar surface area (TPSA) is 54.9 Å². The van der Waals surface area contributed by atoms with E-state index in [1.54, 1.807) is 14.2 Å². The van der Waals surface area contributed by atoms with Crippen LogP contribution in [0.3, 0.4) is 0 Å². The normalized spacial score (nSPS) is 11.9. The SMILES string of the molecule is CN=C(NCCc1ccccc1)NCC(C)Oc1ccccc1OC.I. The molecule has 6 heteroatoms. The maximum atomic E-state index is 5.93. The standard InChI is InChI=1S/C20H27N3O2.HI/c1-16(25-19-12-8-7-11-18(19)24-3)15-23-20(21-2)22-14-13-17-9-5-4-6-10-17;/h4-12,16H,13-15H2,1-3H3,(H2,21,22,23);1H. The lowest BCUT2D eigenvalue weighted by Gasteiger charge is -2.19. The van der Waals surface area contributed by atoms with Crippen LogP contribution in [0.4, 0.5) is 0 Å². The average Bonchev–Trinajstić information content (AvgIpc) is 2.65. The Hall–Kier alpha value is -1.96. The molecule has 0 radical (unpaired) electrons. The number of hydrogen-bond acceptors (Lipinski definition) is 3. The first kappa shape index (κ1) is 22.1. The van der Waals surface area contributed by atoms with Gasteiger partial charge in [-0.1, -0.05) is 42.5 Å². The van der Waals surface area contributed by atoms with E-state index in [9.17, 15) is 0 Å². The van der Waals surface area contributed by atoms with Crippen LogP contribution < -0.4 is 20.1 Å². The van der Waals surface area contributed by atoms with Gasteiger partial charge >= 0.3 is 0 Å². The zero-order valence-corrected chi connectivity index (χ0v) is 17.9. The highest BCUT2D eigenvalue weighted by Crippen LogP contribution is 2.26. The van der Waals surface area contributed by atoms with Crippen molar-refractivity contribution >= 4 is 29.9 Å². The van der Waals surface area contributed by atoms with E-state index in [0.29, 0.717) is 6.54 Å². The van der Waals surface area contributed by atoms with Crippen LogP contribution in [0.2, 0.25) is 0 Å². The Morgan fingerprint density at radius 1 is 1.00 bits per heavy atom. The van der Waals surface area contributed by atoms with E-state index >= 15 is 0 Å². The molecule has 0 aliphatic carbocycles. The van der Waals surface area contributed by atoms with E-state index in [1.807, 2.05) is 37.3 Å². The number of guanidine groups is 1. The van der Waals surface area contributed by atoms with Crippen LogP contribution in [0, 0.1) is 0 Å². The maximum Gasteiger partial charge on any atom is 0.191 e. The van der Waals surface area contributed by atoms with E-state index in [2.05, 4.69) is 39.9 Å². The van der Waals surface area contributed by atoms with Gasteiger partial charge in [-0.25, -0.2) is 0 Å². The number of halogens is 1. The predicted molar refractivity (Wildman–Crippen MR) is 118 cm³/mol. The minimum Gasteiger partial charge on any atom is -0.493 e. The summed E-state index contributed by atoms with van der Waals surface area (Å²) < 4.78 is 11.2. The molecule has 0 saturated heterocycles. The number of nitrogens with one attached hydrogen (secondary N) is 2. The van der Waals surface area contributed by atoms with Gasteiger partial charge in [-0.3, -0.25) is 4.99 Å². The number of rotatable bonds is 8. The van der Waals surface area contributed by atoms with Crippen molar-refractivity contribution in [2.24, 2.45) is 4.99 Å². The van der Waals surface area contributed by atoms with E-state index in [1.165, 1.54) is 5.56 Å². The molecule has 5 nitrogen and oxygen atoms in total. The number of hydrogen-bond donors (Lipinski definition) is 2. The third-order valence-corrected chi connectivity index (χ3v) is 3.73. The van der Waals surface area contributed by atoms with Crippen molar-refractivity contribution in [2.75, 3.05) is 27.2 Å². The number of aliphatic imine (C=N–C) groups is 1. The summed E-state index contributed by atoms with van der Waals surface area (Å²) in [5, 5.41) is 6.60. The molecule has 1 atom stereocenters. The Labute approximate surface area is 173 Å². The predicted octanol–water partition coefficient (Wildman–Crippen LogP) is 3.49. The molecule has 142 valence electrons. The average molecular weight is 469 g/mol. The summed E-state index contributed by atoms with van der Waals surface area (Å²) in [6, 6.07) is 18.0. The fraction of sp³-hybridized carbons (Fsp3) is 0.350. The molecule has 0 aliphatic rings. The zero-order chi connectivity index (χ0) is 17.9. The van der Waals surface area contributed by atoms with Crippen LogP contribution in [0.1, 0.15) is 12.5 Å². The summed E-state index contributed by atoms with van der Waals surface area (Å²) in [6.45, 7) is 3.48. The summed E-state index contributed by atoms with van der Waals surface area (Å²) in [6.07, 6.45) is 0.929. The first-order valence-corrected chi connectivity index (χ1v) is 8.51. The molecule has 0 heterocycles. The van der Waals surface area contributed by atoms with E-state index < -0.39 is 0 Å². The highest BCUT2D eigenvalue weighted by atomic mass is 127. The fourth-order valence-electron chi connectivity index (χ4n) is 2.41. The molecule has 0 bridgehead atoms. The van der Waals surface area contributed by atoms with Gasteiger partial charge in [0.2, 0.25) is 0 Å². The second-order valence-electron chi connectivity index (χ2n) is 5.69. The van der Waals surface area contributed by atoms with Crippen LogP contribution >= 0.6 is 24.0 Å². The van der Waals surface area contributed by atoms with E-state index in [0.717, 1.165) is 30.4 Å². The highest BCUT2D eigenvalue weighted by Gasteiger charge is 2.09. The van der Waals surface area contributed by atoms with Crippen molar-refractivity contribution in [3.63, 3.8) is 0 Å². The quantitative estimate of drug-likeness (QED) is 0.353. The van der Waals surface area contributed by atoms with Gasteiger partial charge in [0.15, 0.2) is 17.5 Å². The Morgan fingerprint density at radius 3 is 2.31 bits per heavy atom. The van der Waals surface area contributed by atoms with Crippen molar-refractivity contribution < 1.29 is 9.47 Å². The molecule has 1 unspecified atom stereocenters. The molecule has 2 N–H and O–H groups in total. The first-order chi connectivity index (χ1) is 12.2. The van der Waals surface area contributed by atoms with Crippen molar-refractivity contribution in [3.8, 4) is 11.5 Å². The van der Waals surface area contributed by atoms with Crippen LogP contribution in [-0.2, 0) is 6.42 Å². The Kier molecular flexibility index (Phi) is 10.5. The van der Waals surface area contributed by atoms with Crippen LogP contribution in [0.5, 0.6) is 11.5 Å². The lowest BCUT2D eigenvalue weighted by molar-refractivity contribution is 0.213. The van der Waals surface area contributed by atoms with Gasteiger partial charge in [0, 0.05) is 13.6 Å². The molecule has 0 spiro atoms. The summed E-state index contributed by atoms with van der Waals surface area (Å²) in [7, 11) is 3.41. The molecule has 26 heavy (non-hydrogen) atoms. The van der Waals surface area contributed by atoms with Gasteiger partial charge in [0.25, 0.3) is 0 Å². The number of para-hydroxylation sites is 2. The first-order valence-electron chi connectivity index (χ1n) is 8.51. The molecule has 2 rings (SSSR count). The highest BCUT2D eigenvalue weighted by molar-refractivity contribution is 14.0. The van der Waals surface area contributed by atoms with Gasteiger partial charge in [0.05, 0.1) is 13.7 Å². The monoisotopic (exact) mass is 469 g/mol. The smallest absolute Gasteiger partial charge is 0.191 e. The van der Waals surface area contributed by atoms with Crippen LogP contribution in [-0.4, -0.2) is 39.3 Å². The summed E-state index contributed by atoms with van der Waals surface area (Å²) in [5.41, 5.74) is 1.30. The number of benzene rings is 2. The van der Waals surface area contributed by atoms with Crippen LogP contribution in [0.15, 0.2) is 59.6 Å². The third kappa shape index (κ3) is 7.51. The maximum absolute atomic E-state index is 5.93. The Balaban J connectivity index is 0.00000338. The number of methoxy groups -OCH3 is 1. The third-order valence-electron chi connectivity index (χ3n) is 3.73. The summed E-state index contributed by atoms with van der Waals surface area (Å²) >= 11 is 0. The minimum atomic E-state index is -0.0241. The van der Waals surface area contributed by atoms with Crippen LogP contribution in [0.25, 0.3) is 0 Å². The van der Waals surface area contributed by atoms with Crippen molar-refractivity contribution in [1.82, 2.24) is 10.6 Å². The molecule has 0 aromatic heterocycles. The molecule has 0 fully saturated rings. The lowest BCUT2D eigenvalue weighted by atomic mass is 10.1. The molecule has 0 amide bonds. The van der Waals surface area contributed by atoms with Gasteiger partial charge in [0.1, 0.15) is 6.10 Å². The fourth-order valence-corrected chi connectivity index (χ4v) is 2.41. The van der Waals surface area contributed by atoms with Gasteiger partial charge < -0.3 is 20.1 Å². The van der Waals surface area contributed by atoms with E-state index in [4.69, 9.17) is 9.47 Å². The minimum absolute atomic E-state index is 0. The van der Waals surface area contributed by atoms with Gasteiger partial charge in [-0.05, 0) is 31.0 Å². The number of ether oxygens (including phenoxy) is 2. The molecule has 2 aromatic rings. The molecular formula is C20H28IN3O2. The number of nitrogens with zero attached hydrogens (tertiary/aromatic N) is 1. The lowest BCUT2D eigenvalue weighted by Crippen LogP contribution is -2.42. The van der Waals surface area contributed by atoms with Crippen molar-refractivity contribution in [1.29, 1.82) is 0 Å². The Bertz CT molecular complexity index is 665. The van der Waals surface area contributed by atoms with Crippen molar-refractivity contribution in [3.05, 3.63) is 60.2 Å². The Morgan fingerprint density at radius 2 is 1.65 bits per heavy atom. The second kappa shape index (κ2) is 12.4. The van der Waals surface area contributed by atoms with E-state index in [-0.39, 0.29) is 30.1 Å². The largest absolute Gasteiger partial charge is 0.493 e. The van der Waals surface area contributed by atoms with Crippen molar-refractivity contribution in [2.45, 2.75) is 19.4 Å². The molecule has 0 aliphatic heterocycles. The summed E-state index contributed by atoms with van der Waals surface area (Å²) in [4.78, 5) is 4.25.